The van der Waals surface area contributed by atoms with Gasteiger partial charge in [0.2, 0.25) is 11.8 Å². The summed E-state index contributed by atoms with van der Waals surface area (Å²) in [6.07, 6.45) is 0.0407. The molecule has 1 saturated heterocycles. The van der Waals surface area contributed by atoms with Crippen LogP contribution in [0.25, 0.3) is 0 Å². The van der Waals surface area contributed by atoms with Gasteiger partial charge in [0.25, 0.3) is 0 Å². The number of imide groups is 1. The first-order chi connectivity index (χ1) is 7.97. The first-order valence-electron chi connectivity index (χ1n) is 4.72. The molecule has 1 fully saturated rings. The predicted octanol–water partition coefficient (Wildman–Crippen LogP) is 2.07. The minimum atomic E-state index is -0.679. The van der Waals surface area contributed by atoms with Gasteiger partial charge in [-0.3, -0.25) is 14.9 Å². The van der Waals surface area contributed by atoms with Gasteiger partial charge in [-0.05, 0) is 28.1 Å². The van der Waals surface area contributed by atoms with Crippen molar-refractivity contribution in [2.75, 3.05) is 5.32 Å². The van der Waals surface area contributed by atoms with E-state index in [2.05, 4.69) is 26.6 Å². The largest absolute Gasteiger partial charge is 0.371 e. The maximum absolute atomic E-state index is 13.0. The number of amides is 2. The van der Waals surface area contributed by atoms with Gasteiger partial charge in [-0.15, -0.1) is 0 Å². The molecule has 1 aromatic carbocycles. The molecular formula is C10H7BrClFN2O2. The van der Waals surface area contributed by atoms with Gasteiger partial charge in [0.15, 0.2) is 0 Å². The molecule has 1 atom stereocenters. The Morgan fingerprint density at radius 2 is 2.18 bits per heavy atom. The summed E-state index contributed by atoms with van der Waals surface area (Å²) >= 11 is 8.98. The van der Waals surface area contributed by atoms with E-state index >= 15 is 0 Å². The number of anilines is 1. The van der Waals surface area contributed by atoms with Crippen LogP contribution in [0.2, 0.25) is 5.02 Å². The van der Waals surface area contributed by atoms with Crippen LogP contribution in [0.4, 0.5) is 10.1 Å². The molecule has 2 N–H and O–H groups in total. The summed E-state index contributed by atoms with van der Waals surface area (Å²) in [5.74, 6) is -1.25. The maximum atomic E-state index is 13.0. The van der Waals surface area contributed by atoms with Crippen LogP contribution < -0.4 is 10.6 Å². The monoisotopic (exact) mass is 320 g/mol. The molecule has 0 aromatic heterocycles. The van der Waals surface area contributed by atoms with E-state index in [4.69, 9.17) is 11.6 Å². The quantitative estimate of drug-likeness (QED) is 0.820. The molecular weight excluding hydrogens is 314 g/mol. The number of rotatable bonds is 2. The molecule has 1 aliphatic heterocycles. The Morgan fingerprint density at radius 1 is 1.47 bits per heavy atom. The normalized spacial score (nSPS) is 19.4. The Hall–Kier alpha value is -1.14. The summed E-state index contributed by atoms with van der Waals surface area (Å²) in [5, 5.41) is 5.11. The fourth-order valence-corrected chi connectivity index (χ4v) is 2.45. The van der Waals surface area contributed by atoms with Gasteiger partial charge < -0.3 is 5.32 Å². The molecule has 0 saturated carbocycles. The Balaban J connectivity index is 2.25. The lowest BCUT2D eigenvalue weighted by molar-refractivity contribution is -0.124. The van der Waals surface area contributed by atoms with Crippen molar-refractivity contribution in [1.82, 2.24) is 5.32 Å². The van der Waals surface area contributed by atoms with Crippen molar-refractivity contribution in [2.24, 2.45) is 0 Å². The molecule has 90 valence electrons. The van der Waals surface area contributed by atoms with E-state index in [0.29, 0.717) is 10.2 Å². The van der Waals surface area contributed by atoms with Crippen molar-refractivity contribution in [3.8, 4) is 0 Å². The highest BCUT2D eigenvalue weighted by Crippen LogP contribution is 2.32. The molecule has 7 heteroatoms. The summed E-state index contributed by atoms with van der Waals surface area (Å²) in [6, 6.07) is 1.67. The molecule has 1 aliphatic rings. The molecule has 0 aliphatic carbocycles. The van der Waals surface area contributed by atoms with E-state index in [1.807, 2.05) is 0 Å². The number of benzene rings is 1. The maximum Gasteiger partial charge on any atom is 0.249 e. The molecule has 2 rings (SSSR count). The van der Waals surface area contributed by atoms with E-state index in [1.165, 1.54) is 6.07 Å². The van der Waals surface area contributed by atoms with Gasteiger partial charge >= 0.3 is 0 Å². The van der Waals surface area contributed by atoms with Crippen LogP contribution in [0.5, 0.6) is 0 Å². The van der Waals surface area contributed by atoms with Crippen molar-refractivity contribution in [2.45, 2.75) is 12.5 Å². The van der Waals surface area contributed by atoms with Crippen LogP contribution in [-0.4, -0.2) is 17.9 Å². The number of hydrogen-bond donors (Lipinski definition) is 2. The minimum absolute atomic E-state index is 0.0407. The summed E-state index contributed by atoms with van der Waals surface area (Å²) in [5.41, 5.74) is 0.392. The Morgan fingerprint density at radius 3 is 2.71 bits per heavy atom. The van der Waals surface area contributed by atoms with Crippen LogP contribution in [0.15, 0.2) is 16.6 Å². The van der Waals surface area contributed by atoms with Crippen LogP contribution in [0, 0.1) is 5.82 Å². The highest BCUT2D eigenvalue weighted by molar-refractivity contribution is 9.10. The zero-order valence-electron chi connectivity index (χ0n) is 8.39. The van der Waals surface area contributed by atoms with Gasteiger partial charge in [0.05, 0.1) is 17.1 Å². The van der Waals surface area contributed by atoms with Crippen molar-refractivity contribution >= 4 is 45.0 Å². The molecule has 0 radical (unpaired) electrons. The van der Waals surface area contributed by atoms with Crippen LogP contribution in [-0.2, 0) is 9.59 Å². The van der Waals surface area contributed by atoms with Gasteiger partial charge in [-0.25, -0.2) is 4.39 Å². The SMILES string of the molecule is O=C1CC(Nc2c(Cl)cc(F)cc2Br)C(=O)N1. The van der Waals surface area contributed by atoms with Crippen LogP contribution in [0.3, 0.4) is 0 Å². The zero-order valence-corrected chi connectivity index (χ0v) is 10.7. The molecule has 1 unspecified atom stereocenters. The van der Waals surface area contributed by atoms with E-state index in [9.17, 15) is 14.0 Å². The van der Waals surface area contributed by atoms with Gasteiger partial charge in [-0.1, -0.05) is 11.6 Å². The lowest BCUT2D eigenvalue weighted by Gasteiger charge is -2.14. The van der Waals surface area contributed by atoms with Crippen LogP contribution >= 0.6 is 27.5 Å². The molecule has 1 heterocycles. The van der Waals surface area contributed by atoms with Crippen molar-refractivity contribution in [1.29, 1.82) is 0 Å². The highest BCUT2D eigenvalue weighted by Gasteiger charge is 2.31. The van der Waals surface area contributed by atoms with Gasteiger partial charge in [-0.2, -0.15) is 0 Å². The standard InChI is InChI=1S/C10H7BrClFN2O2/c11-5-1-4(13)2-6(12)9(5)14-7-3-8(16)15-10(7)17/h1-2,7,14H,3H2,(H,15,16,17). The Labute approximate surface area is 110 Å². The predicted molar refractivity (Wildman–Crippen MR) is 64.3 cm³/mol. The van der Waals surface area contributed by atoms with Crippen molar-refractivity contribution in [3.05, 3.63) is 27.4 Å². The van der Waals surface area contributed by atoms with Crippen molar-refractivity contribution < 1.29 is 14.0 Å². The number of hydrogen-bond acceptors (Lipinski definition) is 3. The van der Waals surface area contributed by atoms with Crippen LogP contribution in [0.1, 0.15) is 6.42 Å². The molecule has 2 amide bonds. The third-order valence-corrected chi connectivity index (χ3v) is 3.22. The third-order valence-electron chi connectivity index (χ3n) is 2.29. The smallest absolute Gasteiger partial charge is 0.249 e. The van der Waals surface area contributed by atoms with Gasteiger partial charge in [0, 0.05) is 4.47 Å². The summed E-state index contributed by atoms with van der Waals surface area (Å²) in [6.45, 7) is 0. The molecule has 0 bridgehead atoms. The van der Waals surface area contributed by atoms with E-state index in [-0.39, 0.29) is 17.4 Å². The first kappa shape index (κ1) is 12.3. The minimum Gasteiger partial charge on any atom is -0.371 e. The molecule has 1 aromatic rings. The zero-order chi connectivity index (χ0) is 12.6. The summed E-state index contributed by atoms with van der Waals surface area (Å²) in [7, 11) is 0. The number of nitrogens with one attached hydrogen (secondary N) is 2. The molecule has 0 spiro atoms. The second kappa shape index (κ2) is 4.62. The topological polar surface area (TPSA) is 58.2 Å². The fourth-order valence-electron chi connectivity index (χ4n) is 1.52. The van der Waals surface area contributed by atoms with Crippen molar-refractivity contribution in [3.63, 3.8) is 0 Å². The lowest BCUT2D eigenvalue weighted by atomic mass is 10.2. The van der Waals surface area contributed by atoms with E-state index in [0.717, 1.165) is 6.07 Å². The summed E-state index contributed by atoms with van der Waals surface area (Å²) in [4.78, 5) is 22.4. The first-order valence-corrected chi connectivity index (χ1v) is 5.89. The molecule has 4 nitrogen and oxygen atoms in total. The third kappa shape index (κ3) is 2.58. The number of halogens is 3. The number of carbonyl (C=O) groups is 2. The highest BCUT2D eigenvalue weighted by atomic mass is 79.9. The van der Waals surface area contributed by atoms with Gasteiger partial charge in [0.1, 0.15) is 11.9 Å². The van der Waals surface area contributed by atoms with E-state index < -0.39 is 17.8 Å². The summed E-state index contributed by atoms with van der Waals surface area (Å²) < 4.78 is 13.4. The second-order valence-electron chi connectivity index (χ2n) is 3.56. The fraction of sp³-hybridized carbons (Fsp3) is 0.200. The number of carbonyl (C=O) groups excluding carboxylic acids is 2. The lowest BCUT2D eigenvalue weighted by Crippen LogP contribution is -2.30. The Kier molecular flexibility index (Phi) is 3.35. The Bertz CT molecular complexity index is 486. The second-order valence-corrected chi connectivity index (χ2v) is 4.82. The van der Waals surface area contributed by atoms with E-state index in [1.54, 1.807) is 0 Å². The average Bonchev–Trinajstić information content (AvgIpc) is 2.51. The molecule has 17 heavy (non-hydrogen) atoms. The average molecular weight is 322 g/mol.